The molecular formula is C19H22N2O4. The number of anilines is 2. The van der Waals surface area contributed by atoms with Gasteiger partial charge in [-0.3, -0.25) is 9.59 Å². The highest BCUT2D eigenvalue weighted by atomic mass is 16.5. The van der Waals surface area contributed by atoms with Crippen molar-refractivity contribution >= 4 is 23.2 Å². The van der Waals surface area contributed by atoms with E-state index in [4.69, 9.17) is 9.47 Å². The van der Waals surface area contributed by atoms with Crippen LogP contribution >= 0.6 is 0 Å². The van der Waals surface area contributed by atoms with Crippen molar-refractivity contribution in [2.24, 2.45) is 0 Å². The van der Waals surface area contributed by atoms with E-state index in [1.165, 1.54) is 0 Å². The molecule has 0 aliphatic rings. The first-order valence-corrected chi connectivity index (χ1v) is 8.10. The van der Waals surface area contributed by atoms with Gasteiger partial charge in [-0.05, 0) is 69.3 Å². The molecule has 6 nitrogen and oxygen atoms in total. The second kappa shape index (κ2) is 8.73. The van der Waals surface area contributed by atoms with Crippen molar-refractivity contribution in [2.75, 3.05) is 17.2 Å². The average Bonchev–Trinajstić information content (AvgIpc) is 2.58. The van der Waals surface area contributed by atoms with Gasteiger partial charge < -0.3 is 20.1 Å². The fourth-order valence-corrected chi connectivity index (χ4v) is 2.07. The molecule has 0 bridgehead atoms. The second-order valence-corrected chi connectivity index (χ2v) is 5.56. The first-order valence-electron chi connectivity index (χ1n) is 8.10. The van der Waals surface area contributed by atoms with Gasteiger partial charge in [-0.25, -0.2) is 0 Å². The molecule has 2 aromatic carbocycles. The molecule has 0 spiro atoms. The summed E-state index contributed by atoms with van der Waals surface area (Å²) in [6.07, 6.45) is 0.0698. The number of hydrogen-bond donors (Lipinski definition) is 2. The van der Waals surface area contributed by atoms with Crippen LogP contribution < -0.4 is 20.1 Å². The van der Waals surface area contributed by atoms with Crippen molar-refractivity contribution in [3.63, 3.8) is 0 Å². The highest BCUT2D eigenvalue weighted by Crippen LogP contribution is 2.18. The minimum Gasteiger partial charge on any atom is -0.494 e. The third kappa shape index (κ3) is 5.84. The van der Waals surface area contributed by atoms with E-state index in [2.05, 4.69) is 10.6 Å². The van der Waals surface area contributed by atoms with Crippen LogP contribution in [0.25, 0.3) is 0 Å². The molecule has 0 aromatic heterocycles. The number of benzene rings is 2. The van der Waals surface area contributed by atoms with Crippen molar-refractivity contribution < 1.29 is 19.1 Å². The zero-order valence-electron chi connectivity index (χ0n) is 14.5. The van der Waals surface area contributed by atoms with Gasteiger partial charge in [-0.1, -0.05) is 0 Å². The number of amides is 2. The summed E-state index contributed by atoms with van der Waals surface area (Å²) in [6, 6.07) is 13.6. The van der Waals surface area contributed by atoms with E-state index in [1.54, 1.807) is 48.5 Å². The molecule has 0 fully saturated rings. The van der Waals surface area contributed by atoms with Gasteiger partial charge in [-0.2, -0.15) is 0 Å². The van der Waals surface area contributed by atoms with Crippen molar-refractivity contribution in [3.05, 3.63) is 48.5 Å². The smallest absolute Gasteiger partial charge is 0.314 e. The van der Waals surface area contributed by atoms with Crippen LogP contribution in [0.15, 0.2) is 48.5 Å². The number of carbonyl (C=O) groups excluding carboxylic acids is 2. The summed E-state index contributed by atoms with van der Waals surface area (Å²) in [6.45, 7) is 6.32. The summed E-state index contributed by atoms with van der Waals surface area (Å²) in [5, 5.41) is 5.08. The van der Waals surface area contributed by atoms with Gasteiger partial charge >= 0.3 is 11.8 Å². The molecule has 0 saturated carbocycles. The Hall–Kier alpha value is -3.02. The van der Waals surface area contributed by atoms with Gasteiger partial charge in [0.1, 0.15) is 11.5 Å². The van der Waals surface area contributed by atoms with Crippen LogP contribution in [0, 0.1) is 0 Å². The maximum atomic E-state index is 12.0. The van der Waals surface area contributed by atoms with E-state index in [-0.39, 0.29) is 6.10 Å². The zero-order valence-corrected chi connectivity index (χ0v) is 14.5. The molecule has 0 aliphatic heterocycles. The lowest BCUT2D eigenvalue weighted by atomic mass is 10.3. The number of hydrogen-bond acceptors (Lipinski definition) is 4. The number of ether oxygens (including phenoxy) is 2. The third-order valence-corrected chi connectivity index (χ3v) is 3.11. The molecule has 6 heteroatoms. The first kappa shape index (κ1) is 18.3. The number of nitrogens with one attached hydrogen (secondary N) is 2. The highest BCUT2D eigenvalue weighted by Gasteiger charge is 2.14. The molecule has 2 amide bonds. The maximum absolute atomic E-state index is 12.0. The molecule has 0 heterocycles. The summed E-state index contributed by atoms with van der Waals surface area (Å²) < 4.78 is 10.8. The molecule has 2 rings (SSSR count). The van der Waals surface area contributed by atoms with Crippen LogP contribution in [-0.2, 0) is 9.59 Å². The van der Waals surface area contributed by atoms with Crippen LogP contribution in [0.1, 0.15) is 20.8 Å². The topological polar surface area (TPSA) is 76.7 Å². The number of rotatable bonds is 6. The Kier molecular flexibility index (Phi) is 6.39. The summed E-state index contributed by atoms with van der Waals surface area (Å²) in [5.74, 6) is -0.0847. The molecular weight excluding hydrogens is 320 g/mol. The van der Waals surface area contributed by atoms with Crippen molar-refractivity contribution in [1.82, 2.24) is 0 Å². The Balaban J connectivity index is 1.90. The van der Waals surface area contributed by atoms with Crippen molar-refractivity contribution in [2.45, 2.75) is 26.9 Å². The van der Waals surface area contributed by atoms with E-state index < -0.39 is 11.8 Å². The Morgan fingerprint density at radius 3 is 1.68 bits per heavy atom. The fraction of sp³-hybridized carbons (Fsp3) is 0.263. The maximum Gasteiger partial charge on any atom is 0.314 e. The van der Waals surface area contributed by atoms with Gasteiger partial charge in [0.2, 0.25) is 0 Å². The van der Waals surface area contributed by atoms with Crippen LogP contribution in [0.3, 0.4) is 0 Å². The summed E-state index contributed by atoms with van der Waals surface area (Å²) >= 11 is 0. The zero-order chi connectivity index (χ0) is 18.2. The van der Waals surface area contributed by atoms with Gasteiger partial charge in [0.05, 0.1) is 12.7 Å². The van der Waals surface area contributed by atoms with Crippen LogP contribution in [0.5, 0.6) is 11.5 Å². The van der Waals surface area contributed by atoms with Crippen molar-refractivity contribution in [3.8, 4) is 11.5 Å². The third-order valence-electron chi connectivity index (χ3n) is 3.11. The second-order valence-electron chi connectivity index (χ2n) is 5.56. The minimum atomic E-state index is -0.744. The van der Waals surface area contributed by atoms with E-state index in [0.717, 1.165) is 0 Å². The van der Waals surface area contributed by atoms with Crippen LogP contribution in [0.2, 0.25) is 0 Å². The fourth-order valence-electron chi connectivity index (χ4n) is 2.07. The molecule has 2 N–H and O–H groups in total. The minimum absolute atomic E-state index is 0.0698. The van der Waals surface area contributed by atoms with Crippen LogP contribution in [-0.4, -0.2) is 24.5 Å². The van der Waals surface area contributed by atoms with Crippen molar-refractivity contribution in [1.29, 1.82) is 0 Å². The molecule has 0 unspecified atom stereocenters. The normalized spacial score (nSPS) is 10.2. The number of carbonyl (C=O) groups is 2. The Bertz CT molecular complexity index is 709. The summed E-state index contributed by atoms with van der Waals surface area (Å²) in [5.41, 5.74) is 1.03. The average molecular weight is 342 g/mol. The lowest BCUT2D eigenvalue weighted by Gasteiger charge is -2.11. The molecule has 0 atom stereocenters. The quantitative estimate of drug-likeness (QED) is 0.788. The Morgan fingerprint density at radius 1 is 0.840 bits per heavy atom. The SMILES string of the molecule is CCOc1ccc(NC(=O)C(=O)Nc2ccc(OC(C)C)cc2)cc1. The van der Waals surface area contributed by atoms with Gasteiger partial charge in [0, 0.05) is 11.4 Å². The molecule has 0 saturated heterocycles. The molecule has 2 aromatic rings. The predicted molar refractivity (Wildman–Crippen MR) is 97.1 cm³/mol. The van der Waals surface area contributed by atoms with Crippen LogP contribution in [0.4, 0.5) is 11.4 Å². The highest BCUT2D eigenvalue weighted by molar-refractivity contribution is 6.43. The van der Waals surface area contributed by atoms with E-state index in [9.17, 15) is 9.59 Å². The van der Waals surface area contributed by atoms with E-state index in [0.29, 0.717) is 29.5 Å². The van der Waals surface area contributed by atoms with Gasteiger partial charge in [0.15, 0.2) is 0 Å². The molecule has 132 valence electrons. The predicted octanol–water partition coefficient (Wildman–Crippen LogP) is 3.45. The lowest BCUT2D eigenvalue weighted by Crippen LogP contribution is -2.29. The summed E-state index contributed by atoms with van der Waals surface area (Å²) in [7, 11) is 0. The standard InChI is InChI=1S/C19H22N2O4/c1-4-24-16-9-5-14(6-10-16)20-18(22)19(23)21-15-7-11-17(12-8-15)25-13(2)3/h5-13H,4H2,1-3H3,(H,20,22)(H,21,23). The van der Waals surface area contributed by atoms with Gasteiger partial charge in [-0.15, -0.1) is 0 Å². The molecule has 0 radical (unpaired) electrons. The summed E-state index contributed by atoms with van der Waals surface area (Å²) in [4.78, 5) is 23.9. The van der Waals surface area contributed by atoms with E-state index >= 15 is 0 Å². The lowest BCUT2D eigenvalue weighted by molar-refractivity contribution is -0.132. The first-order chi connectivity index (χ1) is 12.0. The Morgan fingerprint density at radius 2 is 1.28 bits per heavy atom. The Labute approximate surface area is 147 Å². The molecule has 0 aliphatic carbocycles. The van der Waals surface area contributed by atoms with Gasteiger partial charge in [0.25, 0.3) is 0 Å². The monoisotopic (exact) mass is 342 g/mol. The molecule has 25 heavy (non-hydrogen) atoms. The van der Waals surface area contributed by atoms with E-state index in [1.807, 2.05) is 20.8 Å². The largest absolute Gasteiger partial charge is 0.494 e.